The Morgan fingerprint density at radius 1 is 0.971 bits per heavy atom. The molecule has 9 nitrogen and oxygen atoms in total. The number of aryl methyl sites for hydroxylation is 2. The van der Waals surface area contributed by atoms with Crippen molar-refractivity contribution in [3.63, 3.8) is 0 Å². The first-order valence-electron chi connectivity index (χ1n) is 12.5. The molecule has 2 aliphatic heterocycles. The maximum atomic E-state index is 12.8. The van der Waals surface area contributed by atoms with Gasteiger partial charge in [-0.3, -0.25) is 9.69 Å². The fourth-order valence-electron chi connectivity index (χ4n) is 5.42. The highest BCUT2D eigenvalue weighted by atomic mass is 32.2. The van der Waals surface area contributed by atoms with Crippen molar-refractivity contribution in [2.75, 3.05) is 44.2 Å². The quantitative estimate of drug-likeness (QED) is 0.558. The predicted molar refractivity (Wildman–Crippen MR) is 137 cm³/mol. The van der Waals surface area contributed by atoms with Crippen LogP contribution in [0.2, 0.25) is 0 Å². The van der Waals surface area contributed by atoms with Crippen LogP contribution in [0.5, 0.6) is 0 Å². The molecule has 11 heteroatoms. The average Bonchev–Trinajstić information content (AvgIpc) is 3.53. The highest BCUT2D eigenvalue weighted by Gasteiger charge is 2.28. The van der Waals surface area contributed by atoms with Crippen molar-refractivity contribution in [1.29, 1.82) is 0 Å². The number of nitrogens with zero attached hydrogens (tertiary/aromatic N) is 5. The van der Waals surface area contributed by atoms with Crippen molar-refractivity contribution in [2.45, 2.75) is 50.0 Å². The van der Waals surface area contributed by atoms with E-state index in [0.29, 0.717) is 19.6 Å². The first kappa shape index (κ1) is 23.1. The largest absolute Gasteiger partial charge is 0.354 e. The summed E-state index contributed by atoms with van der Waals surface area (Å²) in [6.45, 7) is 5.00. The van der Waals surface area contributed by atoms with E-state index in [1.54, 1.807) is 21.7 Å². The third kappa shape index (κ3) is 4.39. The van der Waals surface area contributed by atoms with Crippen LogP contribution in [0.4, 0.5) is 5.82 Å². The van der Waals surface area contributed by atoms with Gasteiger partial charge in [-0.1, -0.05) is 0 Å². The van der Waals surface area contributed by atoms with E-state index in [1.165, 1.54) is 23.1 Å². The van der Waals surface area contributed by atoms with Gasteiger partial charge in [0.05, 0.1) is 11.9 Å². The Hall–Kier alpha value is -2.34. The number of hydrogen-bond acceptors (Lipinski definition) is 8. The highest BCUT2D eigenvalue weighted by Crippen LogP contribution is 2.33. The number of aromatic nitrogens is 3. The Kier molecular flexibility index (Phi) is 6.11. The molecule has 0 saturated carbocycles. The molecule has 0 bridgehead atoms. The minimum absolute atomic E-state index is 0.00351. The van der Waals surface area contributed by atoms with Gasteiger partial charge in [0, 0.05) is 50.3 Å². The molecule has 3 aromatic heterocycles. The summed E-state index contributed by atoms with van der Waals surface area (Å²) in [5.74, 6) is 1.52. The normalized spacial score (nSPS) is 19.9. The first-order valence-corrected chi connectivity index (χ1v) is 14.7. The van der Waals surface area contributed by atoms with E-state index in [0.717, 1.165) is 80.1 Å². The summed E-state index contributed by atoms with van der Waals surface area (Å²) in [5, 5.41) is 0.805. The molecule has 35 heavy (non-hydrogen) atoms. The van der Waals surface area contributed by atoms with E-state index in [4.69, 9.17) is 4.98 Å². The number of hydrogen-bond donors (Lipinski definition) is 1. The van der Waals surface area contributed by atoms with Gasteiger partial charge in [-0.2, -0.15) is 4.31 Å². The van der Waals surface area contributed by atoms with Gasteiger partial charge in [0.25, 0.3) is 5.56 Å². The molecular formula is C24H30N6O3S2. The second-order valence-corrected chi connectivity index (χ2v) is 12.7. The number of aromatic amines is 1. The summed E-state index contributed by atoms with van der Waals surface area (Å²) in [6.07, 6.45) is 7.72. The van der Waals surface area contributed by atoms with Gasteiger partial charge in [-0.15, -0.1) is 11.3 Å². The molecular weight excluding hydrogens is 484 g/mol. The molecule has 0 atom stereocenters. The van der Waals surface area contributed by atoms with Crippen LogP contribution in [-0.2, 0) is 29.4 Å². The lowest BCUT2D eigenvalue weighted by Gasteiger charge is -2.35. The van der Waals surface area contributed by atoms with Gasteiger partial charge in [-0.05, 0) is 56.2 Å². The fraction of sp³-hybridized carbons (Fsp3) is 0.542. The van der Waals surface area contributed by atoms with Crippen LogP contribution in [0.3, 0.4) is 0 Å². The Morgan fingerprint density at radius 3 is 2.49 bits per heavy atom. The van der Waals surface area contributed by atoms with Crippen molar-refractivity contribution in [3.05, 3.63) is 44.9 Å². The van der Waals surface area contributed by atoms with E-state index in [1.807, 2.05) is 6.07 Å². The van der Waals surface area contributed by atoms with E-state index in [2.05, 4.69) is 19.8 Å². The topological polar surface area (TPSA) is 102 Å². The maximum Gasteiger partial charge on any atom is 0.259 e. The minimum Gasteiger partial charge on any atom is -0.354 e. The third-order valence-electron chi connectivity index (χ3n) is 7.37. The molecule has 1 N–H and O–H groups in total. The van der Waals surface area contributed by atoms with E-state index < -0.39 is 10.0 Å². The number of rotatable bonds is 5. The lowest BCUT2D eigenvalue weighted by Crippen LogP contribution is -2.46. The van der Waals surface area contributed by atoms with Crippen LogP contribution < -0.4 is 10.5 Å². The molecule has 6 rings (SSSR count). The van der Waals surface area contributed by atoms with Crippen LogP contribution in [0.25, 0.3) is 10.2 Å². The predicted octanol–water partition coefficient (Wildman–Crippen LogP) is 2.37. The molecule has 1 aliphatic carbocycles. The molecule has 3 aliphatic rings. The summed E-state index contributed by atoms with van der Waals surface area (Å²) < 4.78 is 27.0. The zero-order valence-electron chi connectivity index (χ0n) is 19.7. The molecule has 3 aromatic rings. The SMILES string of the molecule is O=c1[nH]c(CN2CCN(c3ccc(S(=O)(=O)N4CCCC4)cn3)CC2)nc2sc3c(c12)CCCC3. The monoisotopic (exact) mass is 514 g/mol. The zero-order valence-corrected chi connectivity index (χ0v) is 21.3. The maximum absolute atomic E-state index is 12.8. The molecule has 0 unspecified atom stereocenters. The first-order chi connectivity index (χ1) is 17.0. The second kappa shape index (κ2) is 9.27. The summed E-state index contributed by atoms with van der Waals surface area (Å²) in [4.78, 5) is 32.1. The average molecular weight is 515 g/mol. The van der Waals surface area contributed by atoms with Gasteiger partial charge in [0.1, 0.15) is 21.4 Å². The number of pyridine rings is 1. The van der Waals surface area contributed by atoms with Crippen LogP contribution in [0.15, 0.2) is 28.0 Å². The smallest absolute Gasteiger partial charge is 0.259 e. The standard InChI is InChI=1S/C24H30N6O3S2/c31-23-22-18-5-1-2-6-19(18)34-24(22)27-20(26-23)16-28-11-13-29(14-12-28)21-8-7-17(15-25-21)35(32,33)30-9-3-4-10-30/h7-8,15H,1-6,9-14,16H2,(H,26,27,31). The van der Waals surface area contributed by atoms with Gasteiger partial charge in [0.15, 0.2) is 0 Å². The lowest BCUT2D eigenvalue weighted by molar-refractivity contribution is 0.243. The highest BCUT2D eigenvalue weighted by molar-refractivity contribution is 7.89. The Morgan fingerprint density at radius 2 is 1.74 bits per heavy atom. The van der Waals surface area contributed by atoms with Crippen molar-refractivity contribution in [3.8, 4) is 0 Å². The lowest BCUT2D eigenvalue weighted by atomic mass is 9.97. The number of thiophene rings is 1. The van der Waals surface area contributed by atoms with E-state index >= 15 is 0 Å². The van der Waals surface area contributed by atoms with Gasteiger partial charge in [0.2, 0.25) is 10.0 Å². The molecule has 0 amide bonds. The number of nitrogens with one attached hydrogen (secondary N) is 1. The number of fused-ring (bicyclic) bond motifs is 3. The second-order valence-electron chi connectivity index (χ2n) is 9.63. The Balaban J connectivity index is 1.10. The summed E-state index contributed by atoms with van der Waals surface area (Å²) in [6, 6.07) is 3.48. The van der Waals surface area contributed by atoms with Crippen LogP contribution in [-0.4, -0.2) is 71.8 Å². The van der Waals surface area contributed by atoms with Gasteiger partial charge < -0.3 is 9.88 Å². The Labute approximate surface area is 208 Å². The van der Waals surface area contributed by atoms with Crippen molar-refractivity contribution in [2.24, 2.45) is 0 Å². The molecule has 186 valence electrons. The number of H-pyrrole nitrogens is 1. The van der Waals surface area contributed by atoms with Gasteiger partial charge in [-0.25, -0.2) is 18.4 Å². The summed E-state index contributed by atoms with van der Waals surface area (Å²) in [5.41, 5.74) is 1.22. The van der Waals surface area contributed by atoms with Crippen LogP contribution in [0.1, 0.15) is 41.9 Å². The Bertz CT molecular complexity index is 1390. The van der Waals surface area contributed by atoms with Gasteiger partial charge >= 0.3 is 0 Å². The third-order valence-corrected chi connectivity index (χ3v) is 10.4. The number of sulfonamides is 1. The molecule has 0 aromatic carbocycles. The van der Waals surface area contributed by atoms with Crippen molar-refractivity contribution < 1.29 is 8.42 Å². The summed E-state index contributed by atoms with van der Waals surface area (Å²) in [7, 11) is -3.44. The molecule has 5 heterocycles. The number of piperazine rings is 1. The van der Waals surface area contributed by atoms with Crippen molar-refractivity contribution in [1.82, 2.24) is 24.2 Å². The molecule has 2 saturated heterocycles. The molecule has 2 fully saturated rings. The van der Waals surface area contributed by atoms with E-state index in [-0.39, 0.29) is 10.5 Å². The van der Waals surface area contributed by atoms with Crippen molar-refractivity contribution >= 4 is 37.4 Å². The number of anilines is 1. The van der Waals surface area contributed by atoms with Crippen LogP contribution >= 0.6 is 11.3 Å². The zero-order chi connectivity index (χ0) is 24.0. The van der Waals surface area contributed by atoms with E-state index in [9.17, 15) is 13.2 Å². The summed E-state index contributed by atoms with van der Waals surface area (Å²) >= 11 is 1.69. The van der Waals surface area contributed by atoms with Crippen LogP contribution in [0, 0.1) is 0 Å². The minimum atomic E-state index is -3.44. The molecule has 0 radical (unpaired) electrons. The molecule has 0 spiro atoms. The fourth-order valence-corrected chi connectivity index (χ4v) is 8.16.